The van der Waals surface area contributed by atoms with E-state index in [1.54, 1.807) is 0 Å². The quantitative estimate of drug-likeness (QED) is 0.343. The van der Waals surface area contributed by atoms with E-state index in [0.717, 1.165) is 34.7 Å². The zero-order valence-electron chi connectivity index (χ0n) is 15.0. The SMILES string of the molecule is CCCCCc1ccc(-c2ccc3c(c2)Cc2c(F)cc(F)cc2-3)cc1. The highest BCUT2D eigenvalue weighted by Gasteiger charge is 2.23. The molecule has 3 aromatic carbocycles. The van der Waals surface area contributed by atoms with E-state index in [0.29, 0.717) is 17.5 Å². The number of unbranched alkanes of at least 4 members (excludes halogenated alkanes) is 2. The van der Waals surface area contributed by atoms with Gasteiger partial charge in [-0.15, -0.1) is 0 Å². The van der Waals surface area contributed by atoms with Crippen LogP contribution in [0.1, 0.15) is 42.9 Å². The number of aryl methyl sites for hydroxylation is 1. The molecule has 2 heteroatoms. The minimum atomic E-state index is -0.517. The van der Waals surface area contributed by atoms with Crippen LogP contribution >= 0.6 is 0 Å². The van der Waals surface area contributed by atoms with Gasteiger partial charge in [-0.1, -0.05) is 62.2 Å². The Labute approximate surface area is 153 Å². The molecule has 0 radical (unpaired) electrons. The molecule has 4 rings (SSSR count). The molecule has 3 aromatic rings. The number of hydrogen-bond donors (Lipinski definition) is 0. The van der Waals surface area contributed by atoms with Crippen LogP contribution in [0, 0.1) is 11.6 Å². The van der Waals surface area contributed by atoms with Crippen molar-refractivity contribution in [2.45, 2.75) is 39.0 Å². The summed E-state index contributed by atoms with van der Waals surface area (Å²) in [7, 11) is 0. The second-order valence-electron chi connectivity index (χ2n) is 7.12. The van der Waals surface area contributed by atoms with Gasteiger partial charge in [0.25, 0.3) is 0 Å². The molecule has 0 bridgehead atoms. The fraction of sp³-hybridized carbons (Fsp3) is 0.250. The number of hydrogen-bond acceptors (Lipinski definition) is 0. The lowest BCUT2D eigenvalue weighted by Gasteiger charge is -2.07. The third-order valence-electron chi connectivity index (χ3n) is 5.28. The van der Waals surface area contributed by atoms with Gasteiger partial charge in [-0.05, 0) is 52.3 Å². The number of benzene rings is 3. The third-order valence-corrected chi connectivity index (χ3v) is 5.28. The fourth-order valence-corrected chi connectivity index (χ4v) is 3.84. The molecule has 0 aliphatic heterocycles. The van der Waals surface area contributed by atoms with Gasteiger partial charge in [-0.3, -0.25) is 0 Å². The Hall–Kier alpha value is -2.48. The molecule has 1 aliphatic rings. The summed E-state index contributed by atoms with van der Waals surface area (Å²) in [4.78, 5) is 0. The Morgan fingerprint density at radius 1 is 0.808 bits per heavy atom. The Balaban J connectivity index is 1.60. The van der Waals surface area contributed by atoms with Gasteiger partial charge in [-0.2, -0.15) is 0 Å². The molecule has 0 saturated heterocycles. The van der Waals surface area contributed by atoms with Crippen LogP contribution in [0.25, 0.3) is 22.3 Å². The lowest BCUT2D eigenvalue weighted by molar-refractivity contribution is 0.577. The number of rotatable bonds is 5. The van der Waals surface area contributed by atoms with Gasteiger partial charge in [-0.25, -0.2) is 8.78 Å². The minimum absolute atomic E-state index is 0.450. The van der Waals surface area contributed by atoms with Crippen molar-refractivity contribution in [1.82, 2.24) is 0 Å². The van der Waals surface area contributed by atoms with E-state index in [2.05, 4.69) is 37.3 Å². The first-order valence-electron chi connectivity index (χ1n) is 9.36. The molecule has 0 N–H and O–H groups in total. The summed E-state index contributed by atoms with van der Waals surface area (Å²) >= 11 is 0. The average molecular weight is 348 g/mol. The summed E-state index contributed by atoms with van der Waals surface area (Å²) in [6.07, 6.45) is 5.39. The average Bonchev–Trinajstić information content (AvgIpc) is 3.01. The molecule has 0 atom stereocenters. The maximum atomic E-state index is 14.1. The van der Waals surface area contributed by atoms with Crippen LogP contribution in [0.4, 0.5) is 8.78 Å². The molecule has 0 unspecified atom stereocenters. The second-order valence-corrected chi connectivity index (χ2v) is 7.12. The van der Waals surface area contributed by atoms with Crippen molar-refractivity contribution in [2.75, 3.05) is 0 Å². The van der Waals surface area contributed by atoms with Crippen molar-refractivity contribution in [3.63, 3.8) is 0 Å². The Bertz CT molecular complexity index is 939. The molecule has 0 spiro atoms. The Morgan fingerprint density at radius 2 is 1.58 bits per heavy atom. The monoisotopic (exact) mass is 348 g/mol. The highest BCUT2D eigenvalue weighted by atomic mass is 19.1. The smallest absolute Gasteiger partial charge is 0.130 e. The molecule has 0 heterocycles. The van der Waals surface area contributed by atoms with Crippen molar-refractivity contribution in [3.8, 4) is 22.3 Å². The van der Waals surface area contributed by atoms with E-state index in [1.165, 1.54) is 30.9 Å². The molecular weight excluding hydrogens is 326 g/mol. The number of halogens is 2. The maximum Gasteiger partial charge on any atom is 0.130 e. The first kappa shape index (κ1) is 17.0. The third kappa shape index (κ3) is 3.16. The maximum absolute atomic E-state index is 14.1. The van der Waals surface area contributed by atoms with Gasteiger partial charge < -0.3 is 0 Å². The molecule has 0 aromatic heterocycles. The molecule has 26 heavy (non-hydrogen) atoms. The van der Waals surface area contributed by atoms with E-state index >= 15 is 0 Å². The van der Waals surface area contributed by atoms with Crippen LogP contribution < -0.4 is 0 Å². The van der Waals surface area contributed by atoms with Gasteiger partial charge >= 0.3 is 0 Å². The largest absolute Gasteiger partial charge is 0.207 e. The predicted molar refractivity (Wildman–Crippen MR) is 103 cm³/mol. The minimum Gasteiger partial charge on any atom is -0.207 e. The summed E-state index contributed by atoms with van der Waals surface area (Å²) in [6, 6.07) is 17.3. The van der Waals surface area contributed by atoms with Crippen LogP contribution in [-0.4, -0.2) is 0 Å². The first-order chi connectivity index (χ1) is 12.7. The summed E-state index contributed by atoms with van der Waals surface area (Å²) in [6.45, 7) is 2.22. The Morgan fingerprint density at radius 3 is 2.35 bits per heavy atom. The van der Waals surface area contributed by atoms with Crippen LogP contribution in [0.3, 0.4) is 0 Å². The van der Waals surface area contributed by atoms with E-state index < -0.39 is 11.6 Å². The van der Waals surface area contributed by atoms with Crippen LogP contribution in [-0.2, 0) is 12.8 Å². The van der Waals surface area contributed by atoms with Crippen molar-refractivity contribution in [1.29, 1.82) is 0 Å². The van der Waals surface area contributed by atoms with Gasteiger partial charge in [0.15, 0.2) is 0 Å². The van der Waals surface area contributed by atoms with E-state index in [1.807, 2.05) is 12.1 Å². The zero-order valence-corrected chi connectivity index (χ0v) is 15.0. The number of fused-ring (bicyclic) bond motifs is 3. The van der Waals surface area contributed by atoms with Gasteiger partial charge in [0.05, 0.1) is 0 Å². The predicted octanol–water partition coefficient (Wildman–Crippen LogP) is 6.94. The lowest BCUT2D eigenvalue weighted by atomic mass is 9.97. The van der Waals surface area contributed by atoms with Gasteiger partial charge in [0, 0.05) is 18.1 Å². The lowest BCUT2D eigenvalue weighted by Crippen LogP contribution is -1.89. The molecule has 132 valence electrons. The first-order valence-corrected chi connectivity index (χ1v) is 9.36. The van der Waals surface area contributed by atoms with E-state index in [9.17, 15) is 8.78 Å². The molecule has 0 nitrogen and oxygen atoms in total. The molecule has 0 amide bonds. The molecule has 0 fully saturated rings. The summed E-state index contributed by atoms with van der Waals surface area (Å²) in [5.41, 5.74) is 6.95. The normalized spacial score (nSPS) is 12.1. The molecule has 1 aliphatic carbocycles. The Kier molecular flexibility index (Phi) is 4.58. The summed E-state index contributed by atoms with van der Waals surface area (Å²) < 4.78 is 27.6. The molecular formula is C24H22F2. The van der Waals surface area contributed by atoms with Crippen molar-refractivity contribution in [2.24, 2.45) is 0 Å². The van der Waals surface area contributed by atoms with Crippen molar-refractivity contribution in [3.05, 3.63) is 82.9 Å². The second kappa shape index (κ2) is 7.03. The van der Waals surface area contributed by atoms with Gasteiger partial charge in [0.2, 0.25) is 0 Å². The van der Waals surface area contributed by atoms with Gasteiger partial charge in [0.1, 0.15) is 11.6 Å². The fourth-order valence-electron chi connectivity index (χ4n) is 3.84. The summed E-state index contributed by atoms with van der Waals surface area (Å²) in [5, 5.41) is 0. The van der Waals surface area contributed by atoms with Crippen LogP contribution in [0.2, 0.25) is 0 Å². The highest BCUT2D eigenvalue weighted by Crippen LogP contribution is 2.40. The van der Waals surface area contributed by atoms with E-state index in [-0.39, 0.29) is 0 Å². The molecule has 0 saturated carbocycles. The van der Waals surface area contributed by atoms with E-state index in [4.69, 9.17) is 0 Å². The zero-order chi connectivity index (χ0) is 18.1. The van der Waals surface area contributed by atoms with Crippen LogP contribution in [0.15, 0.2) is 54.6 Å². The van der Waals surface area contributed by atoms with Crippen molar-refractivity contribution < 1.29 is 8.78 Å². The standard InChI is InChI=1S/C24H22F2/c1-2-3-4-5-16-6-8-17(9-7-16)18-10-11-21-19(12-18)13-23-22(21)14-20(25)15-24(23)26/h6-12,14-15H,2-5,13H2,1H3. The topological polar surface area (TPSA) is 0 Å². The van der Waals surface area contributed by atoms with Crippen LogP contribution in [0.5, 0.6) is 0 Å². The highest BCUT2D eigenvalue weighted by molar-refractivity contribution is 5.80. The summed E-state index contributed by atoms with van der Waals surface area (Å²) in [5.74, 6) is -0.967. The van der Waals surface area contributed by atoms with Crippen molar-refractivity contribution >= 4 is 0 Å².